The zero-order chi connectivity index (χ0) is 17.7. The van der Waals surface area contributed by atoms with E-state index in [-0.39, 0.29) is 5.75 Å². The minimum Gasteiger partial charge on any atom is -0.508 e. The monoisotopic (exact) mass is 325 g/mol. The summed E-state index contributed by atoms with van der Waals surface area (Å²) in [6.07, 6.45) is 1.86. The van der Waals surface area contributed by atoms with Crippen molar-refractivity contribution in [2.75, 3.05) is 5.73 Å². The van der Waals surface area contributed by atoms with E-state index in [0.717, 1.165) is 35.3 Å². The first-order valence-corrected chi connectivity index (χ1v) is 8.47. The van der Waals surface area contributed by atoms with Gasteiger partial charge in [0, 0.05) is 5.69 Å². The zero-order valence-corrected chi connectivity index (χ0v) is 15.0. The van der Waals surface area contributed by atoms with Crippen molar-refractivity contribution in [2.24, 2.45) is 22.1 Å². The van der Waals surface area contributed by atoms with Gasteiger partial charge in [-0.2, -0.15) is 10.2 Å². The average molecular weight is 325 g/mol. The molecule has 0 heterocycles. The Balaban J connectivity index is 2.35. The number of phenolic OH excluding ortho intramolecular Hbond substituents is 1. The number of azo groups is 1. The van der Waals surface area contributed by atoms with Gasteiger partial charge in [0.05, 0.1) is 11.4 Å². The molecule has 2 aromatic carbocycles. The third kappa shape index (κ3) is 5.08. The molecule has 0 amide bonds. The fraction of sp³-hybridized carbons (Fsp3) is 0.400. The first-order chi connectivity index (χ1) is 11.3. The lowest BCUT2D eigenvalue weighted by atomic mass is 9.94. The van der Waals surface area contributed by atoms with Gasteiger partial charge >= 0.3 is 0 Å². The molecule has 4 heteroatoms. The molecular weight excluding hydrogens is 298 g/mol. The summed E-state index contributed by atoms with van der Waals surface area (Å²) in [5, 5.41) is 18.0. The fourth-order valence-electron chi connectivity index (χ4n) is 2.67. The number of benzene rings is 2. The van der Waals surface area contributed by atoms with Crippen LogP contribution >= 0.6 is 0 Å². The zero-order valence-electron chi connectivity index (χ0n) is 15.0. The highest BCUT2D eigenvalue weighted by atomic mass is 16.3. The van der Waals surface area contributed by atoms with Crippen molar-refractivity contribution < 1.29 is 5.11 Å². The summed E-state index contributed by atoms with van der Waals surface area (Å²) < 4.78 is 0. The van der Waals surface area contributed by atoms with E-state index in [1.54, 1.807) is 24.3 Å². The predicted molar refractivity (Wildman–Crippen MR) is 100 cm³/mol. The molecule has 0 aliphatic heterocycles. The quantitative estimate of drug-likeness (QED) is 0.521. The standard InChI is InChI=1S/C20H27N3O/c1-13(2)9-15-11-18(12-16(20(15)21)10-14(3)4)23-22-17-5-7-19(24)8-6-17/h5-8,11-14,24H,9-10,21H2,1-4H3. The number of rotatable bonds is 6. The van der Waals surface area contributed by atoms with Crippen LogP contribution < -0.4 is 5.73 Å². The normalized spacial score (nSPS) is 11.8. The van der Waals surface area contributed by atoms with E-state index in [1.807, 2.05) is 12.1 Å². The van der Waals surface area contributed by atoms with Crippen LogP contribution in [0.3, 0.4) is 0 Å². The summed E-state index contributed by atoms with van der Waals surface area (Å²) in [6.45, 7) is 8.75. The van der Waals surface area contributed by atoms with Crippen LogP contribution in [0, 0.1) is 11.8 Å². The number of nitrogens with zero attached hydrogens (tertiary/aromatic N) is 2. The Morgan fingerprint density at radius 2 is 1.29 bits per heavy atom. The predicted octanol–water partition coefficient (Wildman–Crippen LogP) is 5.79. The molecule has 2 aromatic rings. The van der Waals surface area contributed by atoms with E-state index >= 15 is 0 Å². The SMILES string of the molecule is CC(C)Cc1cc(N=Nc2ccc(O)cc2)cc(CC(C)C)c1N. The molecule has 0 aromatic heterocycles. The van der Waals surface area contributed by atoms with Crippen LogP contribution in [0.2, 0.25) is 0 Å². The fourth-order valence-corrected chi connectivity index (χ4v) is 2.67. The van der Waals surface area contributed by atoms with E-state index in [0.29, 0.717) is 17.5 Å². The maximum Gasteiger partial charge on any atom is 0.115 e. The molecule has 0 fully saturated rings. The summed E-state index contributed by atoms with van der Waals surface area (Å²) in [6, 6.07) is 10.7. The molecule has 0 saturated carbocycles. The van der Waals surface area contributed by atoms with Gasteiger partial charge in [-0.3, -0.25) is 0 Å². The molecule has 0 bridgehead atoms. The van der Waals surface area contributed by atoms with E-state index in [4.69, 9.17) is 5.73 Å². The molecule has 0 aliphatic rings. The highest BCUT2D eigenvalue weighted by Crippen LogP contribution is 2.30. The molecule has 2 rings (SSSR count). The Morgan fingerprint density at radius 1 is 0.833 bits per heavy atom. The molecular formula is C20H27N3O. The molecule has 0 aliphatic carbocycles. The summed E-state index contributed by atoms with van der Waals surface area (Å²) in [7, 11) is 0. The maximum absolute atomic E-state index is 9.33. The number of hydrogen-bond acceptors (Lipinski definition) is 4. The molecule has 24 heavy (non-hydrogen) atoms. The first-order valence-electron chi connectivity index (χ1n) is 8.47. The summed E-state index contributed by atoms with van der Waals surface area (Å²) in [5.41, 5.74) is 11.1. The summed E-state index contributed by atoms with van der Waals surface area (Å²) in [4.78, 5) is 0. The van der Waals surface area contributed by atoms with Crippen LogP contribution in [0.5, 0.6) is 5.75 Å². The topological polar surface area (TPSA) is 71.0 Å². The van der Waals surface area contributed by atoms with E-state index < -0.39 is 0 Å². The number of aromatic hydroxyl groups is 1. The molecule has 4 nitrogen and oxygen atoms in total. The van der Waals surface area contributed by atoms with Gasteiger partial charge in [0.15, 0.2) is 0 Å². The molecule has 3 N–H and O–H groups in total. The lowest BCUT2D eigenvalue weighted by Gasteiger charge is -2.15. The molecule has 0 spiro atoms. The summed E-state index contributed by atoms with van der Waals surface area (Å²) in [5.74, 6) is 1.28. The van der Waals surface area contributed by atoms with E-state index in [1.165, 1.54) is 0 Å². The van der Waals surface area contributed by atoms with E-state index in [9.17, 15) is 5.11 Å². The van der Waals surface area contributed by atoms with Crippen LogP contribution in [0.1, 0.15) is 38.8 Å². The molecule has 0 atom stereocenters. The number of phenols is 1. The van der Waals surface area contributed by atoms with Gasteiger partial charge in [0.25, 0.3) is 0 Å². The largest absolute Gasteiger partial charge is 0.508 e. The number of nitrogen functional groups attached to an aromatic ring is 1. The smallest absolute Gasteiger partial charge is 0.115 e. The highest BCUT2D eigenvalue weighted by molar-refractivity contribution is 5.61. The Bertz CT molecular complexity index is 672. The minimum absolute atomic E-state index is 0.222. The van der Waals surface area contributed by atoms with Gasteiger partial charge in [0.1, 0.15) is 5.75 Å². The first kappa shape index (κ1) is 18.0. The van der Waals surface area contributed by atoms with Gasteiger partial charge in [-0.05, 0) is 72.2 Å². The van der Waals surface area contributed by atoms with Crippen molar-refractivity contribution in [3.05, 3.63) is 47.5 Å². The van der Waals surface area contributed by atoms with Crippen molar-refractivity contribution in [1.82, 2.24) is 0 Å². The second kappa shape index (κ2) is 7.95. The second-order valence-electron chi connectivity index (χ2n) is 7.09. The summed E-state index contributed by atoms with van der Waals surface area (Å²) >= 11 is 0. The number of nitrogens with two attached hydrogens (primary N) is 1. The molecule has 0 saturated heterocycles. The van der Waals surface area contributed by atoms with Gasteiger partial charge in [-0.15, -0.1) is 0 Å². The Kier molecular flexibility index (Phi) is 5.96. The van der Waals surface area contributed by atoms with Crippen molar-refractivity contribution in [3.8, 4) is 5.75 Å². The van der Waals surface area contributed by atoms with Gasteiger partial charge in [-0.25, -0.2) is 0 Å². The third-order valence-electron chi connectivity index (χ3n) is 3.72. The van der Waals surface area contributed by atoms with Crippen molar-refractivity contribution in [3.63, 3.8) is 0 Å². The van der Waals surface area contributed by atoms with Crippen molar-refractivity contribution in [1.29, 1.82) is 0 Å². The highest BCUT2D eigenvalue weighted by Gasteiger charge is 2.11. The van der Waals surface area contributed by atoms with Crippen LogP contribution in [0.25, 0.3) is 0 Å². The van der Waals surface area contributed by atoms with Crippen molar-refractivity contribution >= 4 is 17.1 Å². The second-order valence-corrected chi connectivity index (χ2v) is 7.09. The Morgan fingerprint density at radius 3 is 1.75 bits per heavy atom. The van der Waals surface area contributed by atoms with Crippen LogP contribution in [-0.2, 0) is 12.8 Å². The van der Waals surface area contributed by atoms with Crippen molar-refractivity contribution in [2.45, 2.75) is 40.5 Å². The van der Waals surface area contributed by atoms with Crippen LogP contribution in [0.4, 0.5) is 17.1 Å². The third-order valence-corrected chi connectivity index (χ3v) is 3.72. The molecule has 0 unspecified atom stereocenters. The van der Waals surface area contributed by atoms with E-state index in [2.05, 4.69) is 37.9 Å². The Hall–Kier alpha value is -2.36. The van der Waals surface area contributed by atoms with Gasteiger partial charge < -0.3 is 10.8 Å². The average Bonchev–Trinajstić information content (AvgIpc) is 2.50. The van der Waals surface area contributed by atoms with Crippen LogP contribution in [-0.4, -0.2) is 5.11 Å². The minimum atomic E-state index is 0.222. The number of anilines is 1. The number of hydrogen-bond donors (Lipinski definition) is 2. The molecule has 0 radical (unpaired) electrons. The molecule has 128 valence electrons. The van der Waals surface area contributed by atoms with Gasteiger partial charge in [-0.1, -0.05) is 27.7 Å². The maximum atomic E-state index is 9.33. The lowest BCUT2D eigenvalue weighted by Crippen LogP contribution is -2.05. The Labute approximate surface area is 144 Å². The van der Waals surface area contributed by atoms with Gasteiger partial charge in [0.2, 0.25) is 0 Å². The lowest BCUT2D eigenvalue weighted by molar-refractivity contribution is 0.475. The van der Waals surface area contributed by atoms with Crippen LogP contribution in [0.15, 0.2) is 46.6 Å².